The molecular weight excluding hydrogens is 260 g/mol. The number of aldehydes is 1. The van der Waals surface area contributed by atoms with Crippen LogP contribution >= 0.6 is 0 Å². The van der Waals surface area contributed by atoms with E-state index in [9.17, 15) is 4.79 Å². The topological polar surface area (TPSA) is 23.6 Å². The van der Waals surface area contributed by atoms with Gasteiger partial charge in [0.1, 0.15) is 6.29 Å². The van der Waals surface area contributed by atoms with E-state index in [4.69, 9.17) is 0 Å². The Morgan fingerprint density at radius 1 is 1.29 bits per heavy atom. The van der Waals surface area contributed by atoms with Crippen LogP contribution in [0.4, 0.5) is 0 Å². The average molecular weight is 288 g/mol. The summed E-state index contributed by atoms with van der Waals surface area (Å²) in [6.07, 6.45) is 2.33. The molecular formula is C18H28N2O. The van der Waals surface area contributed by atoms with Crippen molar-refractivity contribution in [2.75, 3.05) is 32.7 Å². The van der Waals surface area contributed by atoms with Crippen molar-refractivity contribution in [2.45, 2.75) is 38.6 Å². The predicted molar refractivity (Wildman–Crippen MR) is 87.6 cm³/mol. The van der Waals surface area contributed by atoms with Gasteiger partial charge in [-0.3, -0.25) is 4.90 Å². The summed E-state index contributed by atoms with van der Waals surface area (Å²) in [6, 6.07) is 10.8. The van der Waals surface area contributed by atoms with Crippen molar-refractivity contribution in [2.24, 2.45) is 0 Å². The van der Waals surface area contributed by atoms with Gasteiger partial charge in [0, 0.05) is 19.1 Å². The highest BCUT2D eigenvalue weighted by Gasteiger charge is 2.33. The van der Waals surface area contributed by atoms with Crippen molar-refractivity contribution >= 4 is 6.29 Å². The van der Waals surface area contributed by atoms with Gasteiger partial charge in [0.05, 0.1) is 5.41 Å². The molecule has 2 atom stereocenters. The van der Waals surface area contributed by atoms with Gasteiger partial charge in [0.15, 0.2) is 0 Å². The monoisotopic (exact) mass is 288 g/mol. The third kappa shape index (κ3) is 3.72. The third-order valence-electron chi connectivity index (χ3n) is 4.82. The van der Waals surface area contributed by atoms with E-state index in [2.05, 4.69) is 42.7 Å². The smallest absolute Gasteiger partial charge is 0.131 e. The molecule has 0 saturated carbocycles. The minimum atomic E-state index is -0.403. The first-order chi connectivity index (χ1) is 10.1. The van der Waals surface area contributed by atoms with Gasteiger partial charge in [-0.1, -0.05) is 44.2 Å². The van der Waals surface area contributed by atoms with Crippen molar-refractivity contribution < 1.29 is 4.79 Å². The number of carbonyl (C=O) groups excluding carboxylic acids is 1. The van der Waals surface area contributed by atoms with Crippen LogP contribution in [0.25, 0.3) is 0 Å². The zero-order valence-corrected chi connectivity index (χ0v) is 13.6. The molecule has 0 aromatic heterocycles. The van der Waals surface area contributed by atoms with Crippen LogP contribution in [0.2, 0.25) is 0 Å². The van der Waals surface area contributed by atoms with Crippen molar-refractivity contribution in [1.29, 1.82) is 0 Å². The fraction of sp³-hybridized carbons (Fsp3) is 0.611. The van der Waals surface area contributed by atoms with Crippen molar-refractivity contribution in [1.82, 2.24) is 9.80 Å². The zero-order valence-electron chi connectivity index (χ0n) is 13.6. The summed E-state index contributed by atoms with van der Waals surface area (Å²) >= 11 is 0. The molecule has 1 aliphatic heterocycles. The Bertz CT molecular complexity index is 444. The maximum Gasteiger partial charge on any atom is 0.131 e. The van der Waals surface area contributed by atoms with Crippen molar-refractivity contribution in [3.05, 3.63) is 35.9 Å². The molecule has 2 unspecified atom stereocenters. The Morgan fingerprint density at radius 2 is 1.95 bits per heavy atom. The molecule has 1 aromatic rings. The number of carbonyl (C=O) groups is 1. The summed E-state index contributed by atoms with van der Waals surface area (Å²) < 4.78 is 0. The van der Waals surface area contributed by atoms with Gasteiger partial charge < -0.3 is 9.69 Å². The van der Waals surface area contributed by atoms with E-state index in [1.165, 1.54) is 6.42 Å². The molecule has 1 aromatic carbocycles. The second kappa shape index (κ2) is 7.19. The lowest BCUT2D eigenvalue weighted by Gasteiger charge is -2.31. The summed E-state index contributed by atoms with van der Waals surface area (Å²) in [7, 11) is 0. The van der Waals surface area contributed by atoms with Gasteiger partial charge >= 0.3 is 0 Å². The van der Waals surface area contributed by atoms with E-state index in [1.54, 1.807) is 0 Å². The Kier molecular flexibility index (Phi) is 5.54. The molecule has 0 bridgehead atoms. The van der Waals surface area contributed by atoms with Crippen LogP contribution in [0, 0.1) is 0 Å². The fourth-order valence-corrected chi connectivity index (χ4v) is 3.47. The highest BCUT2D eigenvalue weighted by atomic mass is 16.1. The summed E-state index contributed by atoms with van der Waals surface area (Å²) in [5.41, 5.74) is 0.714. The van der Waals surface area contributed by atoms with Gasteiger partial charge in [0.2, 0.25) is 0 Å². The molecule has 0 spiro atoms. The Hall–Kier alpha value is -1.19. The summed E-state index contributed by atoms with van der Waals surface area (Å²) in [5.74, 6) is 0. The average Bonchev–Trinajstić information content (AvgIpc) is 2.97. The van der Waals surface area contributed by atoms with Crippen LogP contribution in [0.5, 0.6) is 0 Å². The molecule has 0 aliphatic carbocycles. The lowest BCUT2D eigenvalue weighted by Crippen LogP contribution is -2.42. The highest BCUT2D eigenvalue weighted by Crippen LogP contribution is 2.25. The molecule has 3 nitrogen and oxygen atoms in total. The number of likely N-dealkylation sites (N-methyl/N-ethyl adjacent to an activating group) is 1. The lowest BCUT2D eigenvalue weighted by atomic mass is 9.83. The first kappa shape index (κ1) is 16.2. The molecule has 0 N–H and O–H groups in total. The lowest BCUT2D eigenvalue weighted by molar-refractivity contribution is -0.112. The van der Waals surface area contributed by atoms with E-state index >= 15 is 0 Å². The molecule has 1 fully saturated rings. The number of rotatable bonds is 7. The van der Waals surface area contributed by atoms with E-state index in [0.717, 1.165) is 44.6 Å². The first-order valence-electron chi connectivity index (χ1n) is 8.11. The molecule has 1 aliphatic rings. The molecule has 21 heavy (non-hydrogen) atoms. The predicted octanol–water partition coefficient (Wildman–Crippen LogP) is 2.56. The normalized spacial score (nSPS) is 22.4. The maximum absolute atomic E-state index is 11.7. The summed E-state index contributed by atoms with van der Waals surface area (Å²) in [6.45, 7) is 11.7. The second-order valence-corrected chi connectivity index (χ2v) is 6.30. The van der Waals surface area contributed by atoms with Gasteiger partial charge in [-0.2, -0.15) is 0 Å². The first-order valence-corrected chi connectivity index (χ1v) is 8.11. The molecule has 2 rings (SSSR count). The summed E-state index contributed by atoms with van der Waals surface area (Å²) in [4.78, 5) is 16.7. The van der Waals surface area contributed by atoms with E-state index in [-0.39, 0.29) is 0 Å². The maximum atomic E-state index is 11.7. The van der Waals surface area contributed by atoms with Crippen LogP contribution in [0.1, 0.15) is 32.8 Å². The van der Waals surface area contributed by atoms with Crippen LogP contribution in [-0.2, 0) is 10.2 Å². The van der Waals surface area contributed by atoms with Crippen LogP contribution < -0.4 is 0 Å². The SMILES string of the molecule is CCN(CC)C1CCN(CC(C)(C=O)c2ccccc2)C1. The largest absolute Gasteiger partial charge is 0.302 e. The summed E-state index contributed by atoms with van der Waals surface area (Å²) in [5, 5.41) is 0. The standard InChI is InChI=1S/C18H28N2O/c1-4-20(5-2)17-11-12-19(13-17)14-18(3,15-21)16-9-7-6-8-10-16/h6-10,15,17H,4-5,11-14H2,1-3H3. The number of nitrogens with zero attached hydrogens (tertiary/aromatic N) is 2. The minimum Gasteiger partial charge on any atom is -0.302 e. The number of likely N-dealkylation sites (tertiary alicyclic amines) is 1. The van der Waals surface area contributed by atoms with Gasteiger partial charge in [-0.15, -0.1) is 0 Å². The third-order valence-corrected chi connectivity index (χ3v) is 4.82. The number of hydrogen-bond acceptors (Lipinski definition) is 3. The quantitative estimate of drug-likeness (QED) is 0.721. The van der Waals surface area contributed by atoms with Gasteiger partial charge in [0.25, 0.3) is 0 Å². The van der Waals surface area contributed by atoms with E-state index in [1.807, 2.05) is 18.2 Å². The molecule has 1 saturated heterocycles. The van der Waals surface area contributed by atoms with Gasteiger partial charge in [-0.05, 0) is 38.5 Å². The van der Waals surface area contributed by atoms with Crippen molar-refractivity contribution in [3.63, 3.8) is 0 Å². The van der Waals surface area contributed by atoms with E-state index < -0.39 is 5.41 Å². The molecule has 1 heterocycles. The Morgan fingerprint density at radius 3 is 2.52 bits per heavy atom. The molecule has 0 amide bonds. The number of benzene rings is 1. The molecule has 3 heteroatoms. The van der Waals surface area contributed by atoms with Crippen LogP contribution in [-0.4, -0.2) is 54.9 Å². The fourth-order valence-electron chi connectivity index (χ4n) is 3.47. The number of hydrogen-bond donors (Lipinski definition) is 0. The minimum absolute atomic E-state index is 0.403. The zero-order chi connectivity index (χ0) is 15.3. The van der Waals surface area contributed by atoms with E-state index in [0.29, 0.717) is 6.04 Å². The molecule has 116 valence electrons. The van der Waals surface area contributed by atoms with Gasteiger partial charge in [-0.25, -0.2) is 0 Å². The Balaban J connectivity index is 2.02. The second-order valence-electron chi connectivity index (χ2n) is 6.30. The highest BCUT2D eigenvalue weighted by molar-refractivity contribution is 5.68. The Labute approximate surface area is 128 Å². The van der Waals surface area contributed by atoms with Crippen LogP contribution in [0.3, 0.4) is 0 Å². The van der Waals surface area contributed by atoms with Crippen LogP contribution in [0.15, 0.2) is 30.3 Å². The van der Waals surface area contributed by atoms with Crippen molar-refractivity contribution in [3.8, 4) is 0 Å². The molecule has 0 radical (unpaired) electrons.